The number of carbonyl (C=O) groups excluding carboxylic acids is 1. The van der Waals surface area contributed by atoms with Crippen molar-refractivity contribution in [2.24, 2.45) is 0 Å². The number of ketones is 1. The number of rotatable bonds is 4. The molecule has 0 aliphatic rings. The summed E-state index contributed by atoms with van der Waals surface area (Å²) >= 11 is 0. The molecule has 2 rings (SSSR count). The molecule has 1 aromatic heterocycles. The molecule has 1 heterocycles. The molecule has 1 aromatic carbocycles. The normalized spacial score (nSPS) is 10.7. The Morgan fingerprint density at radius 1 is 1.32 bits per heavy atom. The van der Waals surface area contributed by atoms with Crippen molar-refractivity contribution in [2.75, 3.05) is 5.73 Å². The van der Waals surface area contributed by atoms with Crippen LogP contribution in [0.5, 0.6) is 0 Å². The highest BCUT2D eigenvalue weighted by Gasteiger charge is 2.11. The van der Waals surface area contributed by atoms with Crippen LogP contribution in [-0.4, -0.2) is 20.5 Å². The van der Waals surface area contributed by atoms with E-state index in [2.05, 4.69) is 10.1 Å². The largest absolute Gasteiger partial charge is 0.398 e. The van der Waals surface area contributed by atoms with Gasteiger partial charge in [0.05, 0.1) is 5.69 Å². The quantitative estimate of drug-likeness (QED) is 0.673. The molecule has 0 radical (unpaired) electrons. The van der Waals surface area contributed by atoms with E-state index in [0.29, 0.717) is 11.3 Å². The topological polar surface area (TPSA) is 73.8 Å². The molecule has 0 unspecified atom stereocenters. The van der Waals surface area contributed by atoms with E-state index in [9.17, 15) is 4.79 Å². The number of carbonyl (C=O) groups is 1. The lowest BCUT2D eigenvalue weighted by molar-refractivity contribution is 0.101. The van der Waals surface area contributed by atoms with Gasteiger partial charge in [0.1, 0.15) is 5.82 Å². The number of benzene rings is 1. The Balaban J connectivity index is 2.50. The van der Waals surface area contributed by atoms with Crippen molar-refractivity contribution in [3.8, 4) is 5.69 Å². The molecule has 0 fully saturated rings. The Hall–Kier alpha value is -2.17. The zero-order valence-electron chi connectivity index (χ0n) is 11.5. The van der Waals surface area contributed by atoms with Crippen LogP contribution < -0.4 is 5.73 Å². The van der Waals surface area contributed by atoms with Gasteiger partial charge in [0, 0.05) is 24.1 Å². The van der Waals surface area contributed by atoms with Crippen LogP contribution in [0.3, 0.4) is 0 Å². The molecule has 0 aliphatic carbocycles. The Labute approximate surface area is 112 Å². The SMILES string of the molecule is CCc1nc(CC)n(-c2ccc(C(C)=O)c(N)c2)n1. The van der Waals surface area contributed by atoms with Crippen LogP contribution in [0.15, 0.2) is 18.2 Å². The maximum atomic E-state index is 11.4. The van der Waals surface area contributed by atoms with Crippen molar-refractivity contribution in [1.82, 2.24) is 14.8 Å². The summed E-state index contributed by atoms with van der Waals surface area (Å²) in [6, 6.07) is 5.35. The minimum Gasteiger partial charge on any atom is -0.398 e. The van der Waals surface area contributed by atoms with Gasteiger partial charge in [-0.25, -0.2) is 9.67 Å². The summed E-state index contributed by atoms with van der Waals surface area (Å²) in [5, 5.41) is 4.45. The van der Waals surface area contributed by atoms with Gasteiger partial charge < -0.3 is 5.73 Å². The molecular formula is C14H18N4O. The van der Waals surface area contributed by atoms with Crippen molar-refractivity contribution in [3.05, 3.63) is 35.4 Å². The van der Waals surface area contributed by atoms with Crippen LogP contribution in [-0.2, 0) is 12.8 Å². The van der Waals surface area contributed by atoms with Gasteiger partial charge in [-0.05, 0) is 25.1 Å². The third kappa shape index (κ3) is 2.50. The molecule has 5 heteroatoms. The Kier molecular flexibility index (Phi) is 3.64. The predicted octanol–water partition coefficient (Wildman–Crippen LogP) is 2.18. The number of nitrogens with two attached hydrogens (primary N) is 1. The number of hydrogen-bond acceptors (Lipinski definition) is 4. The highest BCUT2D eigenvalue weighted by atomic mass is 16.1. The lowest BCUT2D eigenvalue weighted by Gasteiger charge is -2.07. The highest BCUT2D eigenvalue weighted by molar-refractivity contribution is 5.99. The summed E-state index contributed by atoms with van der Waals surface area (Å²) in [6.07, 6.45) is 1.59. The van der Waals surface area contributed by atoms with Crippen LogP contribution in [0, 0.1) is 0 Å². The maximum absolute atomic E-state index is 11.4. The van der Waals surface area contributed by atoms with E-state index in [1.807, 2.05) is 19.9 Å². The van der Waals surface area contributed by atoms with Crippen LogP contribution in [0.25, 0.3) is 5.69 Å². The third-order valence-electron chi connectivity index (χ3n) is 3.01. The molecule has 0 atom stereocenters. The zero-order valence-corrected chi connectivity index (χ0v) is 11.5. The van der Waals surface area contributed by atoms with E-state index in [-0.39, 0.29) is 5.78 Å². The molecule has 0 saturated heterocycles. The molecule has 0 aliphatic heterocycles. The Bertz CT molecular complexity index is 616. The first-order chi connectivity index (χ1) is 9.06. The number of Topliss-reactive ketones (excluding diaryl/α,β-unsaturated/α-hetero) is 1. The molecule has 0 saturated carbocycles. The van der Waals surface area contributed by atoms with Gasteiger partial charge in [0.15, 0.2) is 11.6 Å². The van der Waals surface area contributed by atoms with Crippen LogP contribution in [0.1, 0.15) is 42.8 Å². The summed E-state index contributed by atoms with van der Waals surface area (Å²) in [5.41, 5.74) is 7.76. The molecule has 0 bridgehead atoms. The number of anilines is 1. The van der Waals surface area contributed by atoms with Crippen molar-refractivity contribution in [2.45, 2.75) is 33.6 Å². The number of nitrogen functional groups attached to an aromatic ring is 1. The van der Waals surface area contributed by atoms with Crippen molar-refractivity contribution >= 4 is 11.5 Å². The fourth-order valence-electron chi connectivity index (χ4n) is 1.98. The smallest absolute Gasteiger partial charge is 0.161 e. The zero-order chi connectivity index (χ0) is 14.0. The van der Waals surface area contributed by atoms with Crippen LogP contribution in [0.4, 0.5) is 5.69 Å². The molecule has 100 valence electrons. The van der Waals surface area contributed by atoms with Crippen molar-refractivity contribution in [1.29, 1.82) is 0 Å². The van der Waals surface area contributed by atoms with Gasteiger partial charge in [0.2, 0.25) is 0 Å². The lowest BCUT2D eigenvalue weighted by atomic mass is 10.1. The first-order valence-corrected chi connectivity index (χ1v) is 6.42. The van der Waals surface area contributed by atoms with E-state index < -0.39 is 0 Å². The van der Waals surface area contributed by atoms with E-state index in [1.165, 1.54) is 6.92 Å². The summed E-state index contributed by atoms with van der Waals surface area (Å²) in [6.45, 7) is 5.56. The van der Waals surface area contributed by atoms with Crippen LogP contribution in [0.2, 0.25) is 0 Å². The van der Waals surface area contributed by atoms with Gasteiger partial charge in [0.25, 0.3) is 0 Å². The molecule has 19 heavy (non-hydrogen) atoms. The van der Waals surface area contributed by atoms with Gasteiger partial charge in [-0.1, -0.05) is 13.8 Å². The fraction of sp³-hybridized carbons (Fsp3) is 0.357. The maximum Gasteiger partial charge on any atom is 0.161 e. The van der Waals surface area contributed by atoms with Gasteiger partial charge >= 0.3 is 0 Å². The van der Waals surface area contributed by atoms with Gasteiger partial charge in [-0.3, -0.25) is 4.79 Å². The molecule has 2 N–H and O–H groups in total. The van der Waals surface area contributed by atoms with Crippen molar-refractivity contribution < 1.29 is 4.79 Å². The number of aromatic nitrogens is 3. The van der Waals surface area contributed by atoms with Gasteiger partial charge in [-0.2, -0.15) is 5.10 Å². The molecular weight excluding hydrogens is 240 g/mol. The third-order valence-corrected chi connectivity index (χ3v) is 3.01. The molecule has 0 amide bonds. The second-order valence-electron chi connectivity index (χ2n) is 4.39. The number of aryl methyl sites for hydroxylation is 2. The standard InChI is InChI=1S/C14H18N4O/c1-4-13-16-14(5-2)18(17-13)10-6-7-11(9(3)19)12(15)8-10/h6-8H,4-5,15H2,1-3H3. The molecule has 2 aromatic rings. The van der Waals surface area contributed by atoms with Gasteiger partial charge in [-0.15, -0.1) is 0 Å². The first-order valence-electron chi connectivity index (χ1n) is 6.42. The van der Waals surface area contributed by atoms with E-state index in [4.69, 9.17) is 5.73 Å². The average molecular weight is 258 g/mol. The molecule has 0 spiro atoms. The first kappa shape index (κ1) is 13.3. The lowest BCUT2D eigenvalue weighted by Crippen LogP contribution is -2.05. The summed E-state index contributed by atoms with van der Waals surface area (Å²) < 4.78 is 1.79. The number of nitrogens with zero attached hydrogens (tertiary/aromatic N) is 3. The van der Waals surface area contributed by atoms with Crippen LogP contribution >= 0.6 is 0 Å². The summed E-state index contributed by atoms with van der Waals surface area (Å²) in [7, 11) is 0. The summed E-state index contributed by atoms with van der Waals surface area (Å²) in [5.74, 6) is 1.67. The number of hydrogen-bond donors (Lipinski definition) is 1. The predicted molar refractivity (Wildman–Crippen MR) is 74.5 cm³/mol. The van der Waals surface area contributed by atoms with Crippen molar-refractivity contribution in [3.63, 3.8) is 0 Å². The Morgan fingerprint density at radius 2 is 2.05 bits per heavy atom. The fourth-order valence-corrected chi connectivity index (χ4v) is 1.98. The second-order valence-corrected chi connectivity index (χ2v) is 4.39. The van der Waals surface area contributed by atoms with E-state index >= 15 is 0 Å². The Morgan fingerprint density at radius 3 is 2.58 bits per heavy atom. The minimum absolute atomic E-state index is 0.0346. The van der Waals surface area contributed by atoms with E-state index in [0.717, 1.165) is 30.2 Å². The highest BCUT2D eigenvalue weighted by Crippen LogP contribution is 2.19. The summed E-state index contributed by atoms with van der Waals surface area (Å²) in [4.78, 5) is 15.8. The monoisotopic (exact) mass is 258 g/mol. The molecule has 5 nitrogen and oxygen atoms in total. The second kappa shape index (κ2) is 5.22. The van der Waals surface area contributed by atoms with E-state index in [1.54, 1.807) is 16.8 Å². The minimum atomic E-state index is -0.0346. The average Bonchev–Trinajstić information content (AvgIpc) is 2.81.